The van der Waals surface area contributed by atoms with E-state index in [2.05, 4.69) is 16.2 Å². The molecule has 0 aliphatic carbocycles. The van der Waals surface area contributed by atoms with Crippen molar-refractivity contribution in [2.45, 2.75) is 13.0 Å². The summed E-state index contributed by atoms with van der Waals surface area (Å²) in [5, 5.41) is 2.60. The Kier molecular flexibility index (Phi) is 6.13. The molecular formula is C17H18FN3O3. The van der Waals surface area contributed by atoms with Gasteiger partial charge in [-0.05, 0) is 43.3 Å². The average molecular weight is 331 g/mol. The molecule has 0 aliphatic rings. The van der Waals surface area contributed by atoms with E-state index in [1.165, 1.54) is 24.3 Å². The largest absolute Gasteiger partial charge is 0.491 e. The summed E-state index contributed by atoms with van der Waals surface area (Å²) < 4.78 is 18.2. The summed E-state index contributed by atoms with van der Waals surface area (Å²) in [6, 6.07) is 13.2. The SMILES string of the molecule is CC(COc1ccc(F)cc1)NC(=O)NNC(=O)c1ccccc1. The van der Waals surface area contributed by atoms with Crippen LogP contribution < -0.4 is 20.9 Å². The van der Waals surface area contributed by atoms with E-state index in [0.29, 0.717) is 11.3 Å². The topological polar surface area (TPSA) is 79.5 Å². The number of carbonyl (C=O) groups is 2. The Morgan fingerprint density at radius 3 is 2.38 bits per heavy atom. The van der Waals surface area contributed by atoms with Crippen LogP contribution in [-0.4, -0.2) is 24.6 Å². The number of carbonyl (C=O) groups excluding carboxylic acids is 2. The fourth-order valence-corrected chi connectivity index (χ4v) is 1.83. The van der Waals surface area contributed by atoms with E-state index in [-0.39, 0.29) is 18.5 Å². The number of rotatable bonds is 5. The number of hydrogen-bond acceptors (Lipinski definition) is 3. The highest BCUT2D eigenvalue weighted by molar-refractivity contribution is 5.95. The van der Waals surface area contributed by atoms with Gasteiger partial charge in [-0.2, -0.15) is 0 Å². The third-order valence-corrected chi connectivity index (χ3v) is 3.02. The van der Waals surface area contributed by atoms with Gasteiger partial charge in [-0.1, -0.05) is 18.2 Å². The molecular weight excluding hydrogens is 313 g/mol. The monoisotopic (exact) mass is 331 g/mol. The minimum absolute atomic E-state index is 0.200. The fourth-order valence-electron chi connectivity index (χ4n) is 1.83. The molecule has 0 radical (unpaired) electrons. The molecule has 3 N–H and O–H groups in total. The van der Waals surface area contributed by atoms with Gasteiger partial charge >= 0.3 is 6.03 Å². The first-order valence-corrected chi connectivity index (χ1v) is 7.35. The van der Waals surface area contributed by atoms with Crippen LogP contribution in [0.1, 0.15) is 17.3 Å². The Bertz CT molecular complexity index is 677. The predicted octanol–water partition coefficient (Wildman–Crippen LogP) is 2.24. The fraction of sp³-hybridized carbons (Fsp3) is 0.176. The van der Waals surface area contributed by atoms with Gasteiger partial charge in [0.25, 0.3) is 5.91 Å². The van der Waals surface area contributed by atoms with Crippen molar-refractivity contribution in [2.75, 3.05) is 6.61 Å². The van der Waals surface area contributed by atoms with Gasteiger partial charge in [-0.3, -0.25) is 10.2 Å². The summed E-state index contributed by atoms with van der Waals surface area (Å²) in [7, 11) is 0. The summed E-state index contributed by atoms with van der Waals surface area (Å²) >= 11 is 0. The van der Waals surface area contributed by atoms with E-state index in [9.17, 15) is 14.0 Å². The zero-order chi connectivity index (χ0) is 17.4. The number of amides is 3. The normalized spacial score (nSPS) is 11.2. The smallest absolute Gasteiger partial charge is 0.333 e. The maximum Gasteiger partial charge on any atom is 0.333 e. The number of benzene rings is 2. The number of ether oxygens (including phenoxy) is 1. The van der Waals surface area contributed by atoms with Gasteiger partial charge in [0.15, 0.2) is 0 Å². The maximum absolute atomic E-state index is 12.8. The number of hydrazine groups is 1. The van der Waals surface area contributed by atoms with Gasteiger partial charge in [0.2, 0.25) is 0 Å². The Morgan fingerprint density at radius 1 is 1.04 bits per heavy atom. The summed E-state index contributed by atoms with van der Waals surface area (Å²) in [6.07, 6.45) is 0. The van der Waals surface area contributed by atoms with Crippen LogP contribution in [0, 0.1) is 5.82 Å². The second-order valence-electron chi connectivity index (χ2n) is 5.08. The number of hydrogen-bond donors (Lipinski definition) is 3. The van der Waals surface area contributed by atoms with Crippen LogP contribution in [0.25, 0.3) is 0 Å². The molecule has 0 bridgehead atoms. The second kappa shape index (κ2) is 8.52. The Labute approximate surface area is 139 Å². The van der Waals surface area contributed by atoms with Crippen molar-refractivity contribution in [3.63, 3.8) is 0 Å². The summed E-state index contributed by atoms with van der Waals surface area (Å²) in [5.74, 6) is -0.258. The first kappa shape index (κ1) is 17.3. The Hall–Kier alpha value is -3.09. The number of halogens is 1. The lowest BCUT2D eigenvalue weighted by molar-refractivity contribution is 0.0935. The van der Waals surface area contributed by atoms with Crippen molar-refractivity contribution < 1.29 is 18.7 Å². The van der Waals surface area contributed by atoms with Crippen LogP contribution in [0.5, 0.6) is 5.75 Å². The van der Waals surface area contributed by atoms with Crippen LogP contribution >= 0.6 is 0 Å². The van der Waals surface area contributed by atoms with Gasteiger partial charge in [-0.25, -0.2) is 14.6 Å². The molecule has 0 aromatic heterocycles. The van der Waals surface area contributed by atoms with Crippen LogP contribution in [0.15, 0.2) is 54.6 Å². The van der Waals surface area contributed by atoms with Crippen LogP contribution in [-0.2, 0) is 0 Å². The van der Waals surface area contributed by atoms with Crippen LogP contribution in [0.2, 0.25) is 0 Å². The molecule has 2 rings (SSSR count). The molecule has 2 aromatic carbocycles. The molecule has 7 heteroatoms. The van der Waals surface area contributed by atoms with Gasteiger partial charge in [0.05, 0.1) is 6.04 Å². The van der Waals surface area contributed by atoms with E-state index in [4.69, 9.17) is 4.74 Å². The first-order chi connectivity index (χ1) is 11.5. The summed E-state index contributed by atoms with van der Waals surface area (Å²) in [6.45, 7) is 1.94. The molecule has 6 nitrogen and oxygen atoms in total. The lowest BCUT2D eigenvalue weighted by Gasteiger charge is -2.16. The van der Waals surface area contributed by atoms with E-state index in [1.807, 2.05) is 0 Å². The molecule has 0 heterocycles. The number of nitrogens with one attached hydrogen (secondary N) is 3. The maximum atomic E-state index is 12.8. The van der Waals surface area contributed by atoms with Gasteiger partial charge in [0.1, 0.15) is 18.2 Å². The Morgan fingerprint density at radius 2 is 1.71 bits per heavy atom. The molecule has 0 spiro atoms. The third kappa shape index (κ3) is 5.60. The molecule has 0 saturated carbocycles. The van der Waals surface area contributed by atoms with Crippen molar-refractivity contribution in [1.82, 2.24) is 16.2 Å². The molecule has 126 valence electrons. The van der Waals surface area contributed by atoms with Gasteiger partial charge in [0, 0.05) is 5.56 Å². The van der Waals surface area contributed by atoms with Crippen molar-refractivity contribution in [1.29, 1.82) is 0 Å². The highest BCUT2D eigenvalue weighted by Crippen LogP contribution is 2.11. The molecule has 2 aromatic rings. The van der Waals surface area contributed by atoms with Gasteiger partial charge < -0.3 is 10.1 Å². The minimum atomic E-state index is -0.561. The molecule has 24 heavy (non-hydrogen) atoms. The van der Waals surface area contributed by atoms with Crippen molar-refractivity contribution in [3.05, 3.63) is 66.0 Å². The standard InChI is InChI=1S/C17H18FN3O3/c1-12(11-24-15-9-7-14(18)8-10-15)19-17(23)21-20-16(22)13-5-3-2-4-6-13/h2-10,12H,11H2,1H3,(H,20,22)(H2,19,21,23). The second-order valence-corrected chi connectivity index (χ2v) is 5.08. The van der Waals surface area contributed by atoms with Gasteiger partial charge in [-0.15, -0.1) is 0 Å². The predicted molar refractivity (Wildman–Crippen MR) is 86.9 cm³/mol. The number of urea groups is 1. The molecule has 0 saturated heterocycles. The summed E-state index contributed by atoms with van der Waals surface area (Å²) in [5.41, 5.74) is 5.00. The van der Waals surface area contributed by atoms with E-state index >= 15 is 0 Å². The van der Waals surface area contributed by atoms with E-state index in [0.717, 1.165) is 0 Å². The highest BCUT2D eigenvalue weighted by Gasteiger charge is 2.10. The third-order valence-electron chi connectivity index (χ3n) is 3.02. The quantitative estimate of drug-likeness (QED) is 0.735. The highest BCUT2D eigenvalue weighted by atomic mass is 19.1. The zero-order valence-electron chi connectivity index (χ0n) is 13.1. The zero-order valence-corrected chi connectivity index (χ0v) is 13.1. The molecule has 0 fully saturated rings. The Balaban J connectivity index is 1.69. The molecule has 1 atom stereocenters. The first-order valence-electron chi connectivity index (χ1n) is 7.35. The molecule has 0 aliphatic heterocycles. The lowest BCUT2D eigenvalue weighted by Crippen LogP contribution is -2.50. The summed E-state index contributed by atoms with van der Waals surface area (Å²) in [4.78, 5) is 23.5. The van der Waals surface area contributed by atoms with Crippen molar-refractivity contribution in [3.8, 4) is 5.75 Å². The van der Waals surface area contributed by atoms with E-state index in [1.54, 1.807) is 37.3 Å². The molecule has 1 unspecified atom stereocenters. The minimum Gasteiger partial charge on any atom is -0.491 e. The van der Waals surface area contributed by atoms with E-state index < -0.39 is 11.9 Å². The lowest BCUT2D eigenvalue weighted by atomic mass is 10.2. The van der Waals surface area contributed by atoms with Crippen molar-refractivity contribution >= 4 is 11.9 Å². The van der Waals surface area contributed by atoms with Crippen molar-refractivity contribution in [2.24, 2.45) is 0 Å². The average Bonchev–Trinajstić information content (AvgIpc) is 2.60. The van der Waals surface area contributed by atoms with Crippen LogP contribution in [0.3, 0.4) is 0 Å². The van der Waals surface area contributed by atoms with Crippen LogP contribution in [0.4, 0.5) is 9.18 Å². The molecule has 3 amide bonds.